The fourth-order valence-corrected chi connectivity index (χ4v) is 10.3. The second-order valence-electron chi connectivity index (χ2n) is 22.8. The van der Waals surface area contributed by atoms with Crippen LogP contribution in [0.15, 0.2) is 36.5 Å². The SMILES string of the molecule is CCCCCCCCCCCCCCCCCCCCCCC/C=C/C(O)C(CO)NC(=O)CCCCCCCCC/C=C\C/C=C\CCCCCCCCCCCOC(=O)CCCCCCCCCCCCC. The third kappa shape index (κ3) is 59.3. The molecule has 0 aromatic heterocycles. The third-order valence-electron chi connectivity index (χ3n) is 15.4. The summed E-state index contributed by atoms with van der Waals surface area (Å²) in [4.78, 5) is 24.5. The molecule has 0 bridgehead atoms. The second-order valence-corrected chi connectivity index (χ2v) is 22.8. The van der Waals surface area contributed by atoms with E-state index < -0.39 is 12.1 Å². The van der Waals surface area contributed by atoms with E-state index in [4.69, 9.17) is 4.74 Å². The summed E-state index contributed by atoms with van der Waals surface area (Å²) in [5.74, 6) is -0.0686. The standard InChI is InChI=1S/C68H129NO5/c1-3-5-7-9-11-13-15-16-17-18-19-20-22-25-28-31-34-37-41-44-48-52-56-60-66(71)65(64-70)69-67(72)61-57-53-49-45-42-38-35-32-29-26-23-21-24-27-30-33-36-39-43-47-51-55-59-63-74-68(73)62-58-54-50-46-40-14-12-10-8-6-4-2/h21,24,26,29,56,60,65-66,70-71H,3-20,22-23,25,27-28,30-55,57-59,61-64H2,1-2H3,(H,69,72)/b24-21-,29-26-,60-56+. The van der Waals surface area contributed by atoms with Crippen LogP contribution in [-0.4, -0.2) is 47.4 Å². The first kappa shape index (κ1) is 72.1. The Morgan fingerprint density at radius 1 is 0.378 bits per heavy atom. The van der Waals surface area contributed by atoms with Gasteiger partial charge in [-0.15, -0.1) is 0 Å². The lowest BCUT2D eigenvalue weighted by molar-refractivity contribution is -0.143. The van der Waals surface area contributed by atoms with Crippen molar-refractivity contribution in [1.29, 1.82) is 0 Å². The zero-order valence-corrected chi connectivity index (χ0v) is 49.8. The lowest BCUT2D eigenvalue weighted by Gasteiger charge is -2.20. The molecular formula is C68H129NO5. The smallest absolute Gasteiger partial charge is 0.305 e. The maximum absolute atomic E-state index is 12.5. The van der Waals surface area contributed by atoms with Gasteiger partial charge in [0.15, 0.2) is 0 Å². The molecule has 6 heteroatoms. The van der Waals surface area contributed by atoms with Gasteiger partial charge in [0.2, 0.25) is 5.91 Å². The Balaban J connectivity index is 3.48. The normalized spacial score (nSPS) is 12.8. The second kappa shape index (κ2) is 63.6. The summed E-state index contributed by atoms with van der Waals surface area (Å²) >= 11 is 0. The molecule has 0 fully saturated rings. The van der Waals surface area contributed by atoms with Gasteiger partial charge >= 0.3 is 5.97 Å². The minimum Gasteiger partial charge on any atom is -0.466 e. The third-order valence-corrected chi connectivity index (χ3v) is 15.4. The lowest BCUT2D eigenvalue weighted by atomic mass is 10.0. The van der Waals surface area contributed by atoms with Crippen LogP contribution in [0, 0.1) is 0 Å². The molecule has 0 aliphatic rings. The molecule has 2 unspecified atom stereocenters. The minimum atomic E-state index is -0.853. The van der Waals surface area contributed by atoms with Gasteiger partial charge in [0.25, 0.3) is 0 Å². The van der Waals surface area contributed by atoms with E-state index in [1.807, 2.05) is 6.08 Å². The minimum absolute atomic E-state index is 0.00649. The predicted octanol–water partition coefficient (Wildman–Crippen LogP) is 21.1. The van der Waals surface area contributed by atoms with Crippen molar-refractivity contribution in [2.45, 2.75) is 373 Å². The molecule has 0 aliphatic carbocycles. The molecular weight excluding hydrogens is 911 g/mol. The monoisotopic (exact) mass is 1040 g/mol. The Bertz CT molecular complexity index is 1200. The quantitative estimate of drug-likeness (QED) is 0.0320. The highest BCUT2D eigenvalue weighted by molar-refractivity contribution is 5.76. The largest absolute Gasteiger partial charge is 0.466 e. The average Bonchev–Trinajstić information content (AvgIpc) is 3.40. The number of allylic oxidation sites excluding steroid dienone is 5. The van der Waals surface area contributed by atoms with Crippen molar-refractivity contribution >= 4 is 11.9 Å². The lowest BCUT2D eigenvalue weighted by Crippen LogP contribution is -2.45. The number of carbonyl (C=O) groups excluding carboxylic acids is 2. The topological polar surface area (TPSA) is 95.9 Å². The van der Waals surface area contributed by atoms with Crippen molar-refractivity contribution in [2.24, 2.45) is 0 Å². The Morgan fingerprint density at radius 2 is 0.676 bits per heavy atom. The zero-order valence-electron chi connectivity index (χ0n) is 49.8. The van der Waals surface area contributed by atoms with E-state index in [9.17, 15) is 19.8 Å². The summed E-state index contributed by atoms with van der Waals surface area (Å²) in [6.45, 7) is 4.92. The first-order valence-corrected chi connectivity index (χ1v) is 33.3. The van der Waals surface area contributed by atoms with Gasteiger partial charge in [-0.25, -0.2) is 0 Å². The number of aliphatic hydroxyl groups is 2. The fraction of sp³-hybridized carbons (Fsp3) is 0.882. The maximum Gasteiger partial charge on any atom is 0.305 e. The summed E-state index contributed by atoms with van der Waals surface area (Å²) in [6, 6.07) is -0.637. The van der Waals surface area contributed by atoms with Crippen molar-refractivity contribution in [3.05, 3.63) is 36.5 Å². The summed E-state index contributed by atoms with van der Waals surface area (Å²) in [6.07, 6.45) is 80.6. The van der Waals surface area contributed by atoms with Gasteiger partial charge in [-0.1, -0.05) is 320 Å². The van der Waals surface area contributed by atoms with E-state index in [0.29, 0.717) is 19.4 Å². The number of hydrogen-bond acceptors (Lipinski definition) is 5. The van der Waals surface area contributed by atoms with Crippen LogP contribution in [0.25, 0.3) is 0 Å². The maximum atomic E-state index is 12.5. The molecule has 3 N–H and O–H groups in total. The number of amides is 1. The van der Waals surface area contributed by atoms with E-state index in [1.165, 1.54) is 276 Å². The van der Waals surface area contributed by atoms with Crippen molar-refractivity contribution < 1.29 is 24.5 Å². The van der Waals surface area contributed by atoms with Crippen LogP contribution < -0.4 is 5.32 Å². The number of carbonyl (C=O) groups is 2. The number of unbranched alkanes of at least 4 members (excludes halogenated alkanes) is 47. The van der Waals surface area contributed by atoms with Crippen molar-refractivity contribution in [1.82, 2.24) is 5.32 Å². The van der Waals surface area contributed by atoms with Crippen LogP contribution >= 0.6 is 0 Å². The Kier molecular flexibility index (Phi) is 62.0. The number of esters is 1. The molecule has 1 amide bonds. The summed E-state index contributed by atoms with van der Waals surface area (Å²) in [5, 5.41) is 23.2. The molecule has 0 rings (SSSR count). The van der Waals surface area contributed by atoms with Gasteiger partial charge in [0.1, 0.15) is 0 Å². The highest BCUT2D eigenvalue weighted by Gasteiger charge is 2.18. The van der Waals surface area contributed by atoms with Crippen LogP contribution in [0.2, 0.25) is 0 Å². The molecule has 0 aromatic rings. The average molecular weight is 1040 g/mol. The van der Waals surface area contributed by atoms with E-state index in [-0.39, 0.29) is 18.5 Å². The van der Waals surface area contributed by atoms with Crippen molar-refractivity contribution in [3.63, 3.8) is 0 Å². The summed E-state index contributed by atoms with van der Waals surface area (Å²) in [5.41, 5.74) is 0. The van der Waals surface area contributed by atoms with Gasteiger partial charge in [0.05, 0.1) is 25.4 Å². The first-order chi connectivity index (χ1) is 36.5. The van der Waals surface area contributed by atoms with Crippen LogP contribution in [0.1, 0.15) is 361 Å². The number of hydrogen-bond donors (Lipinski definition) is 3. The van der Waals surface area contributed by atoms with Gasteiger partial charge in [-0.05, 0) is 64.2 Å². The van der Waals surface area contributed by atoms with E-state index in [2.05, 4.69) is 43.5 Å². The molecule has 0 spiro atoms. The molecule has 0 aromatic carbocycles. The highest BCUT2D eigenvalue weighted by Crippen LogP contribution is 2.18. The molecule has 74 heavy (non-hydrogen) atoms. The van der Waals surface area contributed by atoms with Crippen LogP contribution in [0.4, 0.5) is 0 Å². The molecule has 0 aliphatic heterocycles. The van der Waals surface area contributed by atoms with E-state index in [0.717, 1.165) is 57.8 Å². The molecule has 0 saturated heterocycles. The van der Waals surface area contributed by atoms with Crippen molar-refractivity contribution in [3.8, 4) is 0 Å². The van der Waals surface area contributed by atoms with Gasteiger partial charge in [0, 0.05) is 12.8 Å². The zero-order chi connectivity index (χ0) is 53.6. The first-order valence-electron chi connectivity index (χ1n) is 33.3. The van der Waals surface area contributed by atoms with Gasteiger partial charge in [-0.2, -0.15) is 0 Å². The highest BCUT2D eigenvalue weighted by atomic mass is 16.5. The molecule has 0 radical (unpaired) electrons. The number of rotatable bonds is 62. The molecule has 436 valence electrons. The van der Waals surface area contributed by atoms with Crippen LogP contribution in [0.3, 0.4) is 0 Å². The van der Waals surface area contributed by atoms with E-state index in [1.54, 1.807) is 6.08 Å². The van der Waals surface area contributed by atoms with Gasteiger partial charge in [-0.3, -0.25) is 9.59 Å². The molecule has 0 saturated carbocycles. The van der Waals surface area contributed by atoms with Gasteiger partial charge < -0.3 is 20.3 Å². The Morgan fingerprint density at radius 3 is 1.03 bits per heavy atom. The Labute approximate surface area is 462 Å². The van der Waals surface area contributed by atoms with Crippen molar-refractivity contribution in [2.75, 3.05) is 13.2 Å². The molecule has 6 nitrogen and oxygen atoms in total. The fourth-order valence-electron chi connectivity index (χ4n) is 10.3. The predicted molar refractivity (Wildman–Crippen MR) is 324 cm³/mol. The van der Waals surface area contributed by atoms with Crippen LogP contribution in [-0.2, 0) is 14.3 Å². The summed E-state index contributed by atoms with van der Waals surface area (Å²) < 4.78 is 5.46. The Hall–Kier alpha value is -1.92. The number of nitrogens with one attached hydrogen (secondary N) is 1. The van der Waals surface area contributed by atoms with Crippen LogP contribution in [0.5, 0.6) is 0 Å². The number of ether oxygens (including phenoxy) is 1. The molecule has 0 heterocycles. The molecule has 2 atom stereocenters. The number of aliphatic hydroxyl groups excluding tert-OH is 2. The summed E-state index contributed by atoms with van der Waals surface area (Å²) in [7, 11) is 0. The van der Waals surface area contributed by atoms with E-state index >= 15 is 0 Å².